The van der Waals surface area contributed by atoms with Crippen LogP contribution in [0.1, 0.15) is 11.6 Å². The molecule has 2 heterocycles. The van der Waals surface area contributed by atoms with Gasteiger partial charge in [0.05, 0.1) is 15.9 Å². The molecule has 9 heteroatoms. The maximum atomic E-state index is 13.2. The fourth-order valence-corrected chi connectivity index (χ4v) is 4.90. The van der Waals surface area contributed by atoms with E-state index in [1.54, 1.807) is 18.2 Å². The van der Waals surface area contributed by atoms with Crippen molar-refractivity contribution in [2.24, 2.45) is 0 Å². The molecule has 0 radical (unpaired) electrons. The van der Waals surface area contributed by atoms with Gasteiger partial charge in [0.2, 0.25) is 10.0 Å². The van der Waals surface area contributed by atoms with Crippen LogP contribution >= 0.6 is 0 Å². The molecule has 27 heavy (non-hydrogen) atoms. The highest BCUT2D eigenvalue weighted by Gasteiger charge is 2.33. The topological polar surface area (TPSA) is 89.3 Å². The molecule has 4 rings (SSSR count). The van der Waals surface area contributed by atoms with Gasteiger partial charge < -0.3 is 9.97 Å². The Balaban J connectivity index is 1.66. The second-order valence-corrected chi connectivity index (χ2v) is 8.64. The molecule has 3 aromatic rings. The van der Waals surface area contributed by atoms with E-state index in [1.807, 2.05) is 7.05 Å². The molecule has 1 aliphatic rings. The summed E-state index contributed by atoms with van der Waals surface area (Å²) in [5.74, 6) is -0.324. The highest BCUT2D eigenvalue weighted by molar-refractivity contribution is 7.89. The maximum absolute atomic E-state index is 13.2. The summed E-state index contributed by atoms with van der Waals surface area (Å²) in [4.78, 5) is 18.8. The Morgan fingerprint density at radius 3 is 2.48 bits per heavy atom. The lowest BCUT2D eigenvalue weighted by Gasteiger charge is -2.39. The van der Waals surface area contributed by atoms with Gasteiger partial charge >= 0.3 is 5.69 Å². The van der Waals surface area contributed by atoms with Crippen LogP contribution in [0.25, 0.3) is 11.0 Å². The lowest BCUT2D eigenvalue weighted by molar-refractivity contribution is 0.148. The number of benzene rings is 2. The summed E-state index contributed by atoms with van der Waals surface area (Å²) in [7, 11) is -1.79. The van der Waals surface area contributed by atoms with Gasteiger partial charge in [0.1, 0.15) is 5.82 Å². The van der Waals surface area contributed by atoms with Gasteiger partial charge in [-0.2, -0.15) is 4.31 Å². The van der Waals surface area contributed by atoms with Crippen molar-refractivity contribution in [3.8, 4) is 0 Å². The molecule has 1 saturated heterocycles. The summed E-state index contributed by atoms with van der Waals surface area (Å²) in [5.41, 5.74) is 1.49. The monoisotopic (exact) mass is 390 g/mol. The third-order valence-corrected chi connectivity index (χ3v) is 6.85. The number of piperazine rings is 1. The predicted octanol–water partition coefficient (Wildman–Crippen LogP) is 1.67. The Morgan fingerprint density at radius 1 is 1.04 bits per heavy atom. The number of aromatic amines is 2. The molecule has 2 N–H and O–H groups in total. The Kier molecular flexibility index (Phi) is 4.37. The average Bonchev–Trinajstić information content (AvgIpc) is 3.02. The minimum absolute atomic E-state index is 0.132. The fraction of sp³-hybridized carbons (Fsp3) is 0.278. The molecule has 1 atom stereocenters. The summed E-state index contributed by atoms with van der Waals surface area (Å²) in [6.07, 6.45) is 0. The van der Waals surface area contributed by atoms with Crippen molar-refractivity contribution in [2.75, 3.05) is 26.7 Å². The van der Waals surface area contributed by atoms with Gasteiger partial charge in [-0.05, 0) is 42.9 Å². The number of hydrogen-bond donors (Lipinski definition) is 2. The molecule has 1 fully saturated rings. The molecule has 0 aliphatic carbocycles. The number of likely N-dealkylation sites (N-methyl/N-ethyl adjacent to an activating group) is 1. The lowest BCUT2D eigenvalue weighted by atomic mass is 10.0. The van der Waals surface area contributed by atoms with Crippen molar-refractivity contribution in [1.29, 1.82) is 0 Å². The molecule has 7 nitrogen and oxygen atoms in total. The van der Waals surface area contributed by atoms with Gasteiger partial charge in [-0.3, -0.25) is 4.90 Å². The van der Waals surface area contributed by atoms with Crippen molar-refractivity contribution >= 4 is 21.1 Å². The highest BCUT2D eigenvalue weighted by atomic mass is 32.2. The first-order chi connectivity index (χ1) is 12.8. The van der Waals surface area contributed by atoms with Crippen LogP contribution in [-0.2, 0) is 10.0 Å². The molecule has 142 valence electrons. The maximum Gasteiger partial charge on any atom is 0.323 e. The van der Waals surface area contributed by atoms with Crippen LogP contribution in [0.2, 0.25) is 0 Å². The summed E-state index contributed by atoms with van der Waals surface area (Å²) < 4.78 is 40.9. The zero-order valence-electron chi connectivity index (χ0n) is 14.6. The molecule has 0 amide bonds. The van der Waals surface area contributed by atoms with Crippen LogP contribution in [0.4, 0.5) is 4.39 Å². The number of halogens is 1. The highest BCUT2D eigenvalue weighted by Crippen LogP contribution is 2.28. The average molecular weight is 390 g/mol. The molecule has 1 aromatic heterocycles. The van der Waals surface area contributed by atoms with E-state index in [4.69, 9.17) is 0 Å². The van der Waals surface area contributed by atoms with Crippen LogP contribution in [0.5, 0.6) is 0 Å². The summed E-state index contributed by atoms with van der Waals surface area (Å²) in [6.45, 7) is 1.19. The number of fused-ring (bicyclic) bond motifs is 1. The van der Waals surface area contributed by atoms with E-state index in [1.165, 1.54) is 28.6 Å². The molecule has 1 unspecified atom stereocenters. The number of nitrogens with zero attached hydrogens (tertiary/aromatic N) is 2. The van der Waals surface area contributed by atoms with Crippen LogP contribution in [0.15, 0.2) is 52.2 Å². The van der Waals surface area contributed by atoms with E-state index in [0.717, 1.165) is 5.56 Å². The van der Waals surface area contributed by atoms with E-state index < -0.39 is 10.0 Å². The number of hydrogen-bond acceptors (Lipinski definition) is 4. The quantitative estimate of drug-likeness (QED) is 0.712. The SMILES string of the molecule is CN1CCN(S(=O)(=O)c2ccc3[nH]c(=O)[nH]c3c2)CC1c1ccc(F)cc1. The van der Waals surface area contributed by atoms with E-state index >= 15 is 0 Å². The molecule has 0 saturated carbocycles. The summed E-state index contributed by atoms with van der Waals surface area (Å²) >= 11 is 0. The van der Waals surface area contributed by atoms with Gasteiger partial charge in [0.25, 0.3) is 0 Å². The zero-order valence-corrected chi connectivity index (χ0v) is 15.5. The first-order valence-electron chi connectivity index (χ1n) is 8.52. The minimum Gasteiger partial charge on any atom is -0.306 e. The third-order valence-electron chi connectivity index (χ3n) is 4.99. The number of aromatic nitrogens is 2. The van der Waals surface area contributed by atoms with E-state index in [-0.39, 0.29) is 29.0 Å². The van der Waals surface area contributed by atoms with Crippen LogP contribution in [0.3, 0.4) is 0 Å². The van der Waals surface area contributed by atoms with Gasteiger partial charge in [-0.15, -0.1) is 0 Å². The number of H-pyrrole nitrogens is 2. The largest absolute Gasteiger partial charge is 0.323 e. The van der Waals surface area contributed by atoms with Crippen molar-refractivity contribution in [3.63, 3.8) is 0 Å². The van der Waals surface area contributed by atoms with Gasteiger partial charge in [0, 0.05) is 25.7 Å². The standard InChI is InChI=1S/C18H19FN4O3S/c1-22-8-9-23(11-17(22)12-2-4-13(19)5-3-12)27(25,26)14-6-7-15-16(10-14)21-18(24)20-15/h2-7,10,17H,8-9,11H2,1H3,(H2,20,21,24). The molecular formula is C18H19FN4O3S. The van der Waals surface area contributed by atoms with Crippen molar-refractivity contribution in [3.05, 3.63) is 64.3 Å². The van der Waals surface area contributed by atoms with Gasteiger partial charge in [0.15, 0.2) is 0 Å². The number of nitrogens with one attached hydrogen (secondary N) is 2. The van der Waals surface area contributed by atoms with Crippen molar-refractivity contribution < 1.29 is 12.8 Å². The second-order valence-electron chi connectivity index (χ2n) is 6.70. The Bertz CT molecular complexity index is 1140. The minimum atomic E-state index is -3.72. The second kappa shape index (κ2) is 6.59. The molecule has 2 aromatic carbocycles. The molecular weight excluding hydrogens is 371 g/mol. The first-order valence-corrected chi connectivity index (χ1v) is 9.96. The fourth-order valence-electron chi connectivity index (χ4n) is 3.43. The summed E-state index contributed by atoms with van der Waals surface area (Å²) in [5, 5.41) is 0. The third kappa shape index (κ3) is 3.29. The molecule has 1 aliphatic heterocycles. The Labute approximate surface area is 155 Å². The van der Waals surface area contributed by atoms with Gasteiger partial charge in [-0.25, -0.2) is 17.6 Å². The smallest absolute Gasteiger partial charge is 0.306 e. The van der Waals surface area contributed by atoms with Crippen LogP contribution < -0.4 is 5.69 Å². The lowest BCUT2D eigenvalue weighted by Crippen LogP contribution is -2.48. The van der Waals surface area contributed by atoms with E-state index in [9.17, 15) is 17.6 Å². The van der Waals surface area contributed by atoms with Crippen molar-refractivity contribution in [2.45, 2.75) is 10.9 Å². The zero-order chi connectivity index (χ0) is 19.2. The molecule has 0 bridgehead atoms. The Hall–Kier alpha value is -2.49. The number of sulfonamides is 1. The van der Waals surface area contributed by atoms with Crippen LogP contribution in [0, 0.1) is 5.82 Å². The number of imidazole rings is 1. The molecule has 0 spiro atoms. The van der Waals surface area contributed by atoms with Gasteiger partial charge in [-0.1, -0.05) is 12.1 Å². The normalized spacial score (nSPS) is 19.6. The first kappa shape index (κ1) is 17.9. The predicted molar refractivity (Wildman–Crippen MR) is 99.4 cm³/mol. The van der Waals surface area contributed by atoms with Crippen LogP contribution in [-0.4, -0.2) is 54.3 Å². The summed E-state index contributed by atoms with van der Waals surface area (Å²) in [6, 6.07) is 10.5. The Morgan fingerprint density at radius 2 is 1.74 bits per heavy atom. The number of rotatable bonds is 3. The van der Waals surface area contributed by atoms with E-state index in [0.29, 0.717) is 24.1 Å². The van der Waals surface area contributed by atoms with Crippen molar-refractivity contribution in [1.82, 2.24) is 19.2 Å². The van der Waals surface area contributed by atoms with E-state index in [2.05, 4.69) is 14.9 Å².